The molecule has 3 heterocycles. The summed E-state index contributed by atoms with van der Waals surface area (Å²) in [4.78, 5) is 32.9. The third-order valence-corrected chi connectivity index (χ3v) is 8.34. The van der Waals surface area contributed by atoms with Gasteiger partial charge in [-0.3, -0.25) is 4.72 Å². The first-order valence-corrected chi connectivity index (χ1v) is 15.1. The molecule has 2 aromatic carbocycles. The molecule has 5 rings (SSSR count). The van der Waals surface area contributed by atoms with Crippen LogP contribution in [-0.4, -0.2) is 67.7 Å². The fourth-order valence-electron chi connectivity index (χ4n) is 4.56. The molecule has 1 saturated heterocycles. The van der Waals surface area contributed by atoms with Crippen molar-refractivity contribution in [3.8, 4) is 17.0 Å². The number of nitrogens with one attached hydrogen (secondary N) is 1. The van der Waals surface area contributed by atoms with Crippen LogP contribution in [0.5, 0.6) is 5.88 Å². The molecule has 0 unspecified atom stereocenters. The van der Waals surface area contributed by atoms with Gasteiger partial charge in [-0.25, -0.2) is 32.6 Å². The first-order valence-electron chi connectivity index (χ1n) is 13.7. The van der Waals surface area contributed by atoms with Crippen molar-refractivity contribution >= 4 is 38.4 Å². The Bertz CT molecular complexity index is 1790. The lowest BCUT2D eigenvalue weighted by molar-refractivity contribution is -0.201. The maximum Gasteiger partial charge on any atom is 0.330 e. The number of nitrogens with zero attached hydrogens (tertiary/aromatic N) is 5. The number of hydroxylamine groups is 2. The van der Waals surface area contributed by atoms with Gasteiger partial charge in [0.2, 0.25) is 5.88 Å². The van der Waals surface area contributed by atoms with Gasteiger partial charge in [-0.1, -0.05) is 12.1 Å². The molecule has 0 amide bonds. The van der Waals surface area contributed by atoms with Crippen LogP contribution in [0.15, 0.2) is 59.9 Å². The quantitative estimate of drug-likeness (QED) is 0.319. The Morgan fingerprint density at radius 1 is 0.977 bits per heavy atom. The van der Waals surface area contributed by atoms with E-state index in [-0.39, 0.29) is 22.4 Å². The Labute approximate surface area is 249 Å². The van der Waals surface area contributed by atoms with E-state index < -0.39 is 21.3 Å². The van der Waals surface area contributed by atoms with Gasteiger partial charge in [-0.05, 0) is 69.2 Å². The van der Waals surface area contributed by atoms with Crippen LogP contribution in [0.25, 0.3) is 22.0 Å². The number of aromatic nitrogens is 3. The Hall–Kier alpha value is -4.36. The van der Waals surface area contributed by atoms with Gasteiger partial charge >= 0.3 is 5.97 Å². The number of methoxy groups -OCH3 is 1. The highest BCUT2D eigenvalue weighted by Crippen LogP contribution is 2.33. The minimum atomic E-state index is -4.26. The number of benzene rings is 2. The normalized spacial score (nSPS) is 14.5. The number of ether oxygens (including phenoxy) is 1. The number of fused-ring (bicyclic) bond motifs is 1. The maximum absolute atomic E-state index is 14.5. The summed E-state index contributed by atoms with van der Waals surface area (Å²) in [6.45, 7) is 9.30. The van der Waals surface area contributed by atoms with Gasteiger partial charge < -0.3 is 14.5 Å². The van der Waals surface area contributed by atoms with E-state index in [9.17, 15) is 17.6 Å². The SMILES string of the molecule is COc1ncc(-c2ccc3ncnc(N4CCN(OC(=O)C(C)(C)C)CC4)c3c2)cc1S(=O)(=O)Nc1ccc(C)cc1F. The molecule has 2 aromatic heterocycles. The summed E-state index contributed by atoms with van der Waals surface area (Å²) in [6, 6.07) is 11.2. The molecule has 11 nitrogen and oxygen atoms in total. The zero-order valence-corrected chi connectivity index (χ0v) is 25.4. The first kappa shape index (κ1) is 30.1. The second-order valence-corrected chi connectivity index (χ2v) is 12.9. The average Bonchev–Trinajstić information content (AvgIpc) is 2.97. The summed E-state index contributed by atoms with van der Waals surface area (Å²) in [5.74, 6) is -0.397. The third kappa shape index (κ3) is 6.52. The van der Waals surface area contributed by atoms with E-state index >= 15 is 0 Å². The molecule has 13 heteroatoms. The Balaban J connectivity index is 1.44. The standard InChI is InChI=1S/C30H33FN6O5S/c1-19-6-8-25(23(31)14-19)35-43(39,40)26-16-21(17-32-28(26)41-5)20-7-9-24-22(15-20)27(34-18-33-24)36-10-12-37(13-11-36)42-29(38)30(2,3)4/h6-9,14-18,35H,10-13H2,1-5H3. The average molecular weight is 609 g/mol. The molecule has 0 bridgehead atoms. The molecule has 1 aliphatic heterocycles. The van der Waals surface area contributed by atoms with Crippen LogP contribution in [0.1, 0.15) is 26.3 Å². The minimum Gasteiger partial charge on any atom is -0.480 e. The summed E-state index contributed by atoms with van der Waals surface area (Å²) in [7, 11) is -2.95. The van der Waals surface area contributed by atoms with Gasteiger partial charge in [0.15, 0.2) is 0 Å². The highest BCUT2D eigenvalue weighted by atomic mass is 32.2. The summed E-state index contributed by atoms with van der Waals surface area (Å²) < 4.78 is 48.7. The van der Waals surface area contributed by atoms with Crippen molar-refractivity contribution in [1.29, 1.82) is 0 Å². The molecule has 226 valence electrons. The van der Waals surface area contributed by atoms with E-state index in [2.05, 4.69) is 24.6 Å². The van der Waals surface area contributed by atoms with E-state index in [1.165, 1.54) is 37.8 Å². The van der Waals surface area contributed by atoms with Gasteiger partial charge in [0, 0.05) is 30.2 Å². The molecule has 43 heavy (non-hydrogen) atoms. The van der Waals surface area contributed by atoms with Gasteiger partial charge in [-0.15, -0.1) is 5.06 Å². The molecule has 0 atom stereocenters. The molecule has 0 radical (unpaired) electrons. The Morgan fingerprint density at radius 2 is 1.72 bits per heavy atom. The van der Waals surface area contributed by atoms with E-state index in [4.69, 9.17) is 9.57 Å². The number of carbonyl (C=O) groups excluding carboxylic acids is 1. The monoisotopic (exact) mass is 608 g/mol. The Kier molecular flexibility index (Phi) is 8.21. The number of piperazine rings is 1. The molecule has 0 saturated carbocycles. The lowest BCUT2D eigenvalue weighted by Crippen LogP contribution is -2.48. The zero-order chi connectivity index (χ0) is 30.9. The number of aryl methyl sites for hydroxylation is 1. The van der Waals surface area contributed by atoms with Crippen LogP contribution in [0.4, 0.5) is 15.9 Å². The van der Waals surface area contributed by atoms with E-state index in [1.807, 2.05) is 39.0 Å². The van der Waals surface area contributed by atoms with Gasteiger partial charge in [-0.2, -0.15) is 0 Å². The second-order valence-electron chi connectivity index (χ2n) is 11.3. The lowest BCUT2D eigenvalue weighted by atomic mass is 9.98. The van der Waals surface area contributed by atoms with E-state index in [0.29, 0.717) is 54.2 Å². The molecule has 0 spiro atoms. The van der Waals surface area contributed by atoms with Gasteiger partial charge in [0.1, 0.15) is 22.9 Å². The molecule has 1 fully saturated rings. The van der Waals surface area contributed by atoms with Crippen molar-refractivity contribution in [1.82, 2.24) is 20.0 Å². The van der Waals surface area contributed by atoms with Crippen LogP contribution in [0.2, 0.25) is 0 Å². The summed E-state index contributed by atoms with van der Waals surface area (Å²) in [6.07, 6.45) is 3.01. The summed E-state index contributed by atoms with van der Waals surface area (Å²) in [5, 5.41) is 2.43. The summed E-state index contributed by atoms with van der Waals surface area (Å²) in [5.41, 5.74) is 1.77. The molecule has 4 aromatic rings. The first-order chi connectivity index (χ1) is 20.4. The number of halogens is 1. The third-order valence-electron chi connectivity index (χ3n) is 6.98. The van der Waals surface area contributed by atoms with Crippen molar-refractivity contribution in [3.05, 3.63) is 66.4 Å². The summed E-state index contributed by atoms with van der Waals surface area (Å²) >= 11 is 0. The van der Waals surface area contributed by atoms with Gasteiger partial charge in [0.05, 0.1) is 36.8 Å². The van der Waals surface area contributed by atoms with Crippen LogP contribution in [0.3, 0.4) is 0 Å². The highest BCUT2D eigenvalue weighted by Gasteiger charge is 2.29. The molecule has 0 aliphatic carbocycles. The Morgan fingerprint density at radius 3 is 2.40 bits per heavy atom. The fourth-order valence-corrected chi connectivity index (χ4v) is 5.77. The number of anilines is 2. The number of carbonyl (C=O) groups is 1. The van der Waals surface area contributed by atoms with Crippen molar-refractivity contribution in [3.63, 3.8) is 0 Å². The van der Waals surface area contributed by atoms with Crippen LogP contribution >= 0.6 is 0 Å². The molecule has 1 aliphatic rings. The number of hydrogen-bond donors (Lipinski definition) is 1. The molecule has 1 N–H and O–H groups in total. The topological polar surface area (TPSA) is 127 Å². The van der Waals surface area contributed by atoms with Crippen molar-refractivity contribution in [2.45, 2.75) is 32.6 Å². The number of sulfonamides is 1. The smallest absolute Gasteiger partial charge is 0.330 e. The van der Waals surface area contributed by atoms with Crippen molar-refractivity contribution in [2.75, 3.05) is 42.9 Å². The number of hydrogen-bond acceptors (Lipinski definition) is 10. The van der Waals surface area contributed by atoms with Crippen molar-refractivity contribution in [2.24, 2.45) is 5.41 Å². The van der Waals surface area contributed by atoms with Crippen LogP contribution in [0, 0.1) is 18.2 Å². The second kappa shape index (κ2) is 11.7. The zero-order valence-electron chi connectivity index (χ0n) is 24.6. The fraction of sp³-hybridized carbons (Fsp3) is 0.333. The highest BCUT2D eigenvalue weighted by molar-refractivity contribution is 7.92. The number of pyridine rings is 1. The van der Waals surface area contributed by atoms with E-state index in [1.54, 1.807) is 18.1 Å². The predicted octanol–water partition coefficient (Wildman–Crippen LogP) is 4.58. The van der Waals surface area contributed by atoms with Crippen molar-refractivity contribution < 1.29 is 27.2 Å². The maximum atomic E-state index is 14.5. The molecular weight excluding hydrogens is 575 g/mol. The van der Waals surface area contributed by atoms with E-state index in [0.717, 1.165) is 5.39 Å². The minimum absolute atomic E-state index is 0.126. The lowest BCUT2D eigenvalue weighted by Gasteiger charge is -2.35. The van der Waals surface area contributed by atoms with Gasteiger partial charge in [0.25, 0.3) is 10.0 Å². The largest absolute Gasteiger partial charge is 0.480 e. The van der Waals surface area contributed by atoms with Crippen LogP contribution in [-0.2, 0) is 19.7 Å². The predicted molar refractivity (Wildman–Crippen MR) is 161 cm³/mol. The van der Waals surface area contributed by atoms with Crippen LogP contribution < -0.4 is 14.4 Å². The molecular formula is C30H33FN6O5S. The number of rotatable bonds is 7.